The summed E-state index contributed by atoms with van der Waals surface area (Å²) in [6, 6.07) is 14.6. The highest BCUT2D eigenvalue weighted by Crippen LogP contribution is 2.27. The van der Waals surface area contributed by atoms with Gasteiger partial charge in [-0.15, -0.1) is 11.8 Å². The highest BCUT2D eigenvalue weighted by atomic mass is 35.5. The molecule has 0 bridgehead atoms. The summed E-state index contributed by atoms with van der Waals surface area (Å²) >= 11 is 7.15. The van der Waals surface area contributed by atoms with E-state index in [9.17, 15) is 9.90 Å². The molecule has 0 heterocycles. The number of carboxylic acids is 1. The van der Waals surface area contributed by atoms with Gasteiger partial charge in [0.05, 0.1) is 7.11 Å². The summed E-state index contributed by atoms with van der Waals surface area (Å²) in [5, 5.41) is 9.48. The maximum atomic E-state index is 11.4. The molecule has 0 radical (unpaired) electrons. The fraction of sp³-hybridized carbons (Fsp3) is 0.188. The number of thioether (sulfide) groups is 1. The largest absolute Gasteiger partial charge is 0.497 e. The minimum Gasteiger partial charge on any atom is -0.497 e. The summed E-state index contributed by atoms with van der Waals surface area (Å²) in [5.41, 5.74) is 0.963. The molecule has 0 saturated carbocycles. The zero-order chi connectivity index (χ0) is 15.2. The molecule has 0 aliphatic rings. The smallest absolute Gasteiger partial charge is 0.317 e. The van der Waals surface area contributed by atoms with Crippen LogP contribution >= 0.6 is 23.4 Å². The Morgan fingerprint density at radius 1 is 1.19 bits per heavy atom. The van der Waals surface area contributed by atoms with Crippen LogP contribution in [0.25, 0.3) is 0 Å². The van der Waals surface area contributed by atoms with Crippen LogP contribution in [0.4, 0.5) is 0 Å². The molecule has 0 unspecified atom stereocenters. The van der Waals surface area contributed by atoms with Crippen molar-refractivity contribution in [1.29, 1.82) is 0 Å². The molecule has 2 rings (SSSR count). The van der Waals surface area contributed by atoms with Crippen LogP contribution in [0.15, 0.2) is 53.4 Å². The average molecular weight is 323 g/mol. The van der Waals surface area contributed by atoms with Gasteiger partial charge in [0.1, 0.15) is 11.0 Å². The molecule has 5 heteroatoms. The third kappa shape index (κ3) is 4.69. The molecule has 110 valence electrons. The Labute approximate surface area is 132 Å². The van der Waals surface area contributed by atoms with Crippen LogP contribution in [-0.2, 0) is 11.2 Å². The van der Waals surface area contributed by atoms with Gasteiger partial charge in [0.15, 0.2) is 0 Å². The van der Waals surface area contributed by atoms with Crippen molar-refractivity contribution in [3.63, 3.8) is 0 Å². The number of methoxy groups -OCH3 is 1. The molecule has 3 nitrogen and oxygen atoms in total. The summed E-state index contributed by atoms with van der Waals surface area (Å²) in [5.74, 6) is -0.0678. The van der Waals surface area contributed by atoms with Crippen LogP contribution in [0.3, 0.4) is 0 Å². The lowest BCUT2D eigenvalue weighted by atomic mass is 10.1. The van der Waals surface area contributed by atoms with E-state index >= 15 is 0 Å². The van der Waals surface area contributed by atoms with E-state index in [0.29, 0.717) is 11.4 Å². The summed E-state index contributed by atoms with van der Waals surface area (Å²) < 4.78 is 5.09. The Morgan fingerprint density at radius 3 is 2.33 bits per heavy atom. The molecule has 0 amide bonds. The van der Waals surface area contributed by atoms with E-state index in [1.807, 2.05) is 36.4 Å². The SMILES string of the molecule is COc1ccc(C[C@H](Sc2ccc(Cl)cc2)C(=O)O)cc1. The van der Waals surface area contributed by atoms with Crippen molar-refractivity contribution in [3.8, 4) is 5.75 Å². The van der Waals surface area contributed by atoms with Gasteiger partial charge in [0.25, 0.3) is 0 Å². The van der Waals surface area contributed by atoms with Gasteiger partial charge in [-0.3, -0.25) is 4.79 Å². The predicted octanol–water partition coefficient (Wildman–Crippen LogP) is 4.14. The monoisotopic (exact) mass is 322 g/mol. The molecule has 0 fully saturated rings. The van der Waals surface area contributed by atoms with E-state index in [2.05, 4.69) is 0 Å². The molecule has 2 aromatic rings. The van der Waals surface area contributed by atoms with Crippen molar-refractivity contribution >= 4 is 29.3 Å². The van der Waals surface area contributed by atoms with Crippen molar-refractivity contribution < 1.29 is 14.6 Å². The van der Waals surface area contributed by atoms with Crippen LogP contribution < -0.4 is 4.74 Å². The summed E-state index contributed by atoms with van der Waals surface area (Å²) in [6.07, 6.45) is 0.451. The molecule has 1 N–H and O–H groups in total. The van der Waals surface area contributed by atoms with Crippen LogP contribution in [-0.4, -0.2) is 23.4 Å². The van der Waals surface area contributed by atoms with E-state index in [1.165, 1.54) is 11.8 Å². The van der Waals surface area contributed by atoms with Gasteiger partial charge in [-0.2, -0.15) is 0 Å². The highest BCUT2D eigenvalue weighted by Gasteiger charge is 2.19. The molecule has 0 aliphatic heterocycles. The van der Waals surface area contributed by atoms with E-state index in [4.69, 9.17) is 16.3 Å². The quantitative estimate of drug-likeness (QED) is 0.812. The van der Waals surface area contributed by atoms with E-state index in [1.54, 1.807) is 19.2 Å². The zero-order valence-electron chi connectivity index (χ0n) is 11.5. The first kappa shape index (κ1) is 15.7. The Balaban J connectivity index is 2.07. The molecular weight excluding hydrogens is 308 g/mol. The van der Waals surface area contributed by atoms with Gasteiger partial charge in [0, 0.05) is 9.92 Å². The molecule has 0 spiro atoms. The summed E-state index contributed by atoms with van der Waals surface area (Å²) in [6.45, 7) is 0. The Bertz CT molecular complexity index is 596. The third-order valence-corrected chi connectivity index (χ3v) is 4.40. The second kappa shape index (κ2) is 7.38. The number of carbonyl (C=O) groups is 1. The highest BCUT2D eigenvalue weighted by molar-refractivity contribution is 8.00. The fourth-order valence-corrected chi connectivity index (χ4v) is 2.96. The molecule has 2 aromatic carbocycles. The first-order valence-corrected chi connectivity index (χ1v) is 7.62. The molecule has 0 saturated heterocycles. The van der Waals surface area contributed by atoms with E-state index in [0.717, 1.165) is 16.2 Å². The Hall–Kier alpha value is -1.65. The average Bonchev–Trinajstić information content (AvgIpc) is 2.49. The molecule has 0 aromatic heterocycles. The second-order valence-corrected chi connectivity index (χ2v) is 6.16. The lowest BCUT2D eigenvalue weighted by molar-refractivity contribution is -0.136. The van der Waals surface area contributed by atoms with Crippen LogP contribution in [0.1, 0.15) is 5.56 Å². The van der Waals surface area contributed by atoms with Gasteiger partial charge in [-0.25, -0.2) is 0 Å². The standard InChI is InChI=1S/C16H15ClO3S/c1-20-13-6-2-11(3-7-13)10-15(16(18)19)21-14-8-4-12(17)5-9-14/h2-9,15H,10H2,1H3,(H,18,19)/t15-/m0/s1. The topological polar surface area (TPSA) is 46.5 Å². The van der Waals surface area contributed by atoms with Gasteiger partial charge in [0.2, 0.25) is 0 Å². The number of ether oxygens (including phenoxy) is 1. The number of hydrogen-bond donors (Lipinski definition) is 1. The van der Waals surface area contributed by atoms with Gasteiger partial charge in [-0.1, -0.05) is 23.7 Å². The number of rotatable bonds is 6. The predicted molar refractivity (Wildman–Crippen MR) is 85.4 cm³/mol. The second-order valence-electron chi connectivity index (χ2n) is 4.45. The van der Waals surface area contributed by atoms with Crippen LogP contribution in [0, 0.1) is 0 Å². The van der Waals surface area contributed by atoms with Crippen molar-refractivity contribution in [2.45, 2.75) is 16.6 Å². The minimum atomic E-state index is -0.828. The number of hydrogen-bond acceptors (Lipinski definition) is 3. The summed E-state index contributed by atoms with van der Waals surface area (Å²) in [7, 11) is 1.60. The summed E-state index contributed by atoms with van der Waals surface area (Å²) in [4.78, 5) is 12.3. The van der Waals surface area contributed by atoms with Gasteiger partial charge >= 0.3 is 5.97 Å². The minimum absolute atomic E-state index is 0.451. The Kier molecular flexibility index (Phi) is 5.53. The van der Waals surface area contributed by atoms with Crippen molar-refractivity contribution in [1.82, 2.24) is 0 Å². The first-order chi connectivity index (χ1) is 10.1. The van der Waals surface area contributed by atoms with Crippen molar-refractivity contribution in [3.05, 3.63) is 59.1 Å². The zero-order valence-corrected chi connectivity index (χ0v) is 13.0. The Morgan fingerprint density at radius 2 is 1.81 bits per heavy atom. The van der Waals surface area contributed by atoms with Gasteiger partial charge in [-0.05, 0) is 48.4 Å². The number of halogens is 1. The number of benzene rings is 2. The lowest BCUT2D eigenvalue weighted by Gasteiger charge is -2.12. The normalized spacial score (nSPS) is 11.9. The fourth-order valence-electron chi connectivity index (χ4n) is 1.83. The van der Waals surface area contributed by atoms with Crippen molar-refractivity contribution in [2.75, 3.05) is 7.11 Å². The first-order valence-electron chi connectivity index (χ1n) is 6.36. The molecule has 1 atom stereocenters. The maximum absolute atomic E-state index is 11.4. The van der Waals surface area contributed by atoms with E-state index in [-0.39, 0.29) is 0 Å². The molecule has 0 aliphatic carbocycles. The van der Waals surface area contributed by atoms with Gasteiger partial charge < -0.3 is 9.84 Å². The third-order valence-electron chi connectivity index (χ3n) is 2.95. The van der Waals surface area contributed by atoms with E-state index < -0.39 is 11.2 Å². The van der Waals surface area contributed by atoms with Crippen LogP contribution in [0.5, 0.6) is 5.75 Å². The number of aliphatic carboxylic acids is 1. The lowest BCUT2D eigenvalue weighted by Crippen LogP contribution is -2.19. The molecular formula is C16H15ClO3S. The maximum Gasteiger partial charge on any atom is 0.317 e. The molecule has 21 heavy (non-hydrogen) atoms. The van der Waals surface area contributed by atoms with Crippen LogP contribution in [0.2, 0.25) is 5.02 Å². The number of carboxylic acid groups (broad SMARTS) is 1. The van der Waals surface area contributed by atoms with Crippen molar-refractivity contribution in [2.24, 2.45) is 0 Å².